The summed E-state index contributed by atoms with van der Waals surface area (Å²) in [6, 6.07) is 5.61. The van der Waals surface area contributed by atoms with Crippen molar-refractivity contribution in [1.29, 1.82) is 0 Å². The van der Waals surface area contributed by atoms with Crippen molar-refractivity contribution in [2.24, 2.45) is 0 Å². The van der Waals surface area contributed by atoms with Crippen LogP contribution in [0.5, 0.6) is 5.75 Å². The van der Waals surface area contributed by atoms with Gasteiger partial charge < -0.3 is 4.74 Å². The molecule has 0 saturated carbocycles. The molecule has 13 heavy (non-hydrogen) atoms. The fourth-order valence-electron chi connectivity index (χ4n) is 1.29. The summed E-state index contributed by atoms with van der Waals surface area (Å²) in [6.07, 6.45) is 0.494. The number of carbonyl (C=O) groups excluding carboxylic acids is 1. The third kappa shape index (κ3) is 1.74. The van der Waals surface area contributed by atoms with Crippen molar-refractivity contribution < 1.29 is 9.53 Å². The lowest BCUT2D eigenvalue weighted by Gasteiger charge is -2.16. The van der Waals surface area contributed by atoms with E-state index in [0.29, 0.717) is 24.3 Å². The Morgan fingerprint density at radius 3 is 3.08 bits per heavy atom. The standard InChI is InChI=1S/C9H7BrO2S/c10-13-6-1-2-7-8(11)3-4-12-9(7)5-6/h1-2,5H,3-4H2. The Hall–Kier alpha value is -0.480. The first-order valence-corrected chi connectivity index (χ1v) is 6.56. The molecule has 0 bridgehead atoms. The van der Waals surface area contributed by atoms with Gasteiger partial charge in [-0.2, -0.15) is 0 Å². The van der Waals surface area contributed by atoms with E-state index in [2.05, 4.69) is 14.8 Å². The van der Waals surface area contributed by atoms with E-state index in [1.807, 2.05) is 18.2 Å². The SMILES string of the molecule is O=C1CCOc2cc(SBr)ccc21. The number of benzene rings is 1. The first kappa shape index (κ1) is 9.09. The monoisotopic (exact) mass is 258 g/mol. The van der Waals surface area contributed by atoms with E-state index >= 15 is 0 Å². The smallest absolute Gasteiger partial charge is 0.169 e. The van der Waals surface area contributed by atoms with Gasteiger partial charge in [-0.3, -0.25) is 4.79 Å². The fraction of sp³-hybridized carbons (Fsp3) is 0.222. The first-order chi connectivity index (χ1) is 6.31. The number of hydrogen-bond donors (Lipinski definition) is 0. The van der Waals surface area contributed by atoms with E-state index < -0.39 is 0 Å². The number of halogens is 1. The molecule has 4 heteroatoms. The Kier molecular flexibility index (Phi) is 2.60. The van der Waals surface area contributed by atoms with Gasteiger partial charge in [0.2, 0.25) is 0 Å². The van der Waals surface area contributed by atoms with Gasteiger partial charge in [0.15, 0.2) is 5.78 Å². The largest absolute Gasteiger partial charge is 0.492 e. The Morgan fingerprint density at radius 1 is 1.46 bits per heavy atom. The highest BCUT2D eigenvalue weighted by Crippen LogP contribution is 2.32. The molecule has 1 aromatic rings. The lowest BCUT2D eigenvalue weighted by atomic mass is 10.1. The summed E-state index contributed by atoms with van der Waals surface area (Å²) in [5.41, 5.74) is 0.705. The van der Waals surface area contributed by atoms with Crippen LogP contribution in [0, 0.1) is 0 Å². The van der Waals surface area contributed by atoms with Crippen LogP contribution in [-0.2, 0) is 0 Å². The molecule has 0 aromatic heterocycles. The maximum Gasteiger partial charge on any atom is 0.169 e. The van der Waals surface area contributed by atoms with E-state index in [1.165, 1.54) is 10.2 Å². The normalized spacial score (nSPS) is 15.0. The molecule has 0 unspecified atom stereocenters. The molecule has 0 N–H and O–H groups in total. The number of Topliss-reactive ketones (excluding diaryl/α,β-unsaturated/α-hetero) is 1. The van der Waals surface area contributed by atoms with Crippen LogP contribution >= 0.6 is 25.0 Å². The molecule has 1 heterocycles. The third-order valence-electron chi connectivity index (χ3n) is 1.93. The minimum absolute atomic E-state index is 0.173. The van der Waals surface area contributed by atoms with Gasteiger partial charge in [0.05, 0.1) is 12.2 Å². The summed E-state index contributed by atoms with van der Waals surface area (Å²) in [6.45, 7) is 0.502. The Labute approximate surface area is 87.9 Å². The summed E-state index contributed by atoms with van der Waals surface area (Å²) in [5.74, 6) is 0.882. The van der Waals surface area contributed by atoms with Crippen molar-refractivity contribution >= 4 is 30.8 Å². The van der Waals surface area contributed by atoms with Crippen molar-refractivity contribution in [2.45, 2.75) is 11.3 Å². The molecule has 0 aliphatic carbocycles. The summed E-state index contributed by atoms with van der Waals surface area (Å²) in [4.78, 5) is 12.4. The molecule has 1 aliphatic rings. The van der Waals surface area contributed by atoms with Gasteiger partial charge in [-0.1, -0.05) is 0 Å². The summed E-state index contributed by atoms with van der Waals surface area (Å²) in [7, 11) is 1.46. The molecular formula is C9H7BrO2S. The number of rotatable bonds is 1. The average molecular weight is 259 g/mol. The highest BCUT2D eigenvalue weighted by atomic mass is 79.9. The number of carbonyl (C=O) groups is 1. The maximum atomic E-state index is 11.4. The molecule has 0 atom stereocenters. The molecule has 1 aliphatic heterocycles. The Bertz CT molecular complexity index is 351. The maximum absolute atomic E-state index is 11.4. The second-order valence-corrected chi connectivity index (χ2v) is 4.35. The van der Waals surface area contributed by atoms with Gasteiger partial charge in [0, 0.05) is 11.3 Å². The molecule has 1 aromatic carbocycles. The number of fused-ring (bicyclic) bond motifs is 1. The number of ketones is 1. The van der Waals surface area contributed by atoms with Crippen LogP contribution in [-0.4, -0.2) is 12.4 Å². The van der Waals surface area contributed by atoms with E-state index in [4.69, 9.17) is 4.74 Å². The zero-order valence-electron chi connectivity index (χ0n) is 6.75. The summed E-state index contributed by atoms with van der Waals surface area (Å²) < 4.78 is 5.38. The van der Waals surface area contributed by atoms with E-state index in [0.717, 1.165) is 4.90 Å². The molecule has 2 rings (SSSR count). The number of ether oxygens (including phenoxy) is 1. The summed E-state index contributed by atoms with van der Waals surface area (Å²) in [5, 5.41) is 0. The van der Waals surface area contributed by atoms with E-state index in [-0.39, 0.29) is 5.78 Å². The zero-order valence-corrected chi connectivity index (χ0v) is 9.15. The van der Waals surface area contributed by atoms with Crippen LogP contribution in [0.25, 0.3) is 0 Å². The zero-order chi connectivity index (χ0) is 9.26. The molecule has 2 nitrogen and oxygen atoms in total. The fourth-order valence-corrected chi connectivity index (χ4v) is 2.16. The second-order valence-electron chi connectivity index (χ2n) is 2.76. The molecular weight excluding hydrogens is 252 g/mol. The van der Waals surface area contributed by atoms with E-state index in [1.54, 1.807) is 0 Å². The van der Waals surface area contributed by atoms with Crippen LogP contribution in [0.4, 0.5) is 0 Å². The predicted octanol–water partition coefficient (Wildman–Crippen LogP) is 3.05. The number of hydrogen-bond acceptors (Lipinski definition) is 3. The lowest BCUT2D eigenvalue weighted by Crippen LogP contribution is -2.14. The predicted molar refractivity (Wildman–Crippen MR) is 55.7 cm³/mol. The third-order valence-corrected chi connectivity index (χ3v) is 3.48. The van der Waals surface area contributed by atoms with Crippen LogP contribution in [0.1, 0.15) is 16.8 Å². The quantitative estimate of drug-likeness (QED) is 0.775. The Balaban J connectivity index is 2.45. The van der Waals surface area contributed by atoms with Crippen LogP contribution in [0.2, 0.25) is 0 Å². The van der Waals surface area contributed by atoms with Crippen molar-refractivity contribution in [3.63, 3.8) is 0 Å². The van der Waals surface area contributed by atoms with E-state index in [9.17, 15) is 4.79 Å². The molecule has 0 saturated heterocycles. The van der Waals surface area contributed by atoms with Crippen molar-refractivity contribution in [2.75, 3.05) is 6.61 Å². The van der Waals surface area contributed by atoms with Crippen LogP contribution < -0.4 is 4.74 Å². The van der Waals surface area contributed by atoms with Crippen molar-refractivity contribution in [3.8, 4) is 5.75 Å². The van der Waals surface area contributed by atoms with Crippen LogP contribution in [0.3, 0.4) is 0 Å². The minimum atomic E-state index is 0.173. The second kappa shape index (κ2) is 3.72. The van der Waals surface area contributed by atoms with Crippen molar-refractivity contribution in [3.05, 3.63) is 23.8 Å². The van der Waals surface area contributed by atoms with Gasteiger partial charge in [-0.05, 0) is 43.2 Å². The molecule has 0 radical (unpaired) electrons. The topological polar surface area (TPSA) is 26.3 Å². The summed E-state index contributed by atoms with van der Waals surface area (Å²) >= 11 is 3.28. The van der Waals surface area contributed by atoms with Crippen molar-refractivity contribution in [1.82, 2.24) is 0 Å². The molecule has 0 spiro atoms. The van der Waals surface area contributed by atoms with Gasteiger partial charge >= 0.3 is 0 Å². The average Bonchev–Trinajstić information content (AvgIpc) is 2.18. The minimum Gasteiger partial charge on any atom is -0.492 e. The highest BCUT2D eigenvalue weighted by Gasteiger charge is 2.18. The highest BCUT2D eigenvalue weighted by molar-refractivity contribution is 9.50. The van der Waals surface area contributed by atoms with Crippen LogP contribution in [0.15, 0.2) is 23.1 Å². The molecule has 0 amide bonds. The van der Waals surface area contributed by atoms with Gasteiger partial charge in [0.1, 0.15) is 5.75 Å². The van der Waals surface area contributed by atoms with Gasteiger partial charge in [-0.25, -0.2) is 0 Å². The first-order valence-electron chi connectivity index (χ1n) is 3.90. The van der Waals surface area contributed by atoms with Gasteiger partial charge in [0.25, 0.3) is 0 Å². The van der Waals surface area contributed by atoms with Gasteiger partial charge in [-0.15, -0.1) is 0 Å². The Morgan fingerprint density at radius 2 is 2.31 bits per heavy atom. The molecule has 0 fully saturated rings. The lowest BCUT2D eigenvalue weighted by molar-refractivity contribution is 0.0933. The molecule has 68 valence electrons.